The third-order valence-electron chi connectivity index (χ3n) is 6.14. The van der Waals surface area contributed by atoms with E-state index in [1.54, 1.807) is 6.92 Å². The number of hydrogen-bond acceptors (Lipinski definition) is 4. The summed E-state index contributed by atoms with van der Waals surface area (Å²) < 4.78 is 0. The SMILES string of the molecule is CC(=O)N(CC(C)(C)C)C1CCN(C2CC(C)N(C)C(CO)C2)CC1. The Morgan fingerprint density at radius 2 is 1.80 bits per heavy atom. The van der Waals surface area contributed by atoms with Crippen molar-refractivity contribution in [1.82, 2.24) is 14.7 Å². The summed E-state index contributed by atoms with van der Waals surface area (Å²) in [4.78, 5) is 19.2. The average Bonchev–Trinajstić information content (AvgIpc) is 2.54. The van der Waals surface area contributed by atoms with Crippen molar-refractivity contribution in [3.8, 4) is 0 Å². The topological polar surface area (TPSA) is 47.0 Å². The third-order valence-corrected chi connectivity index (χ3v) is 6.14. The van der Waals surface area contributed by atoms with Gasteiger partial charge in [-0.3, -0.25) is 9.69 Å². The normalized spacial score (nSPS) is 30.4. The van der Waals surface area contributed by atoms with E-state index in [1.807, 2.05) is 0 Å². The van der Waals surface area contributed by atoms with Gasteiger partial charge in [0.1, 0.15) is 0 Å². The van der Waals surface area contributed by atoms with Crippen LogP contribution in [0.3, 0.4) is 0 Å². The fourth-order valence-electron chi connectivity index (χ4n) is 4.57. The monoisotopic (exact) mass is 353 g/mol. The maximum atomic E-state index is 12.1. The van der Waals surface area contributed by atoms with Crippen LogP contribution in [0.25, 0.3) is 0 Å². The molecule has 2 fully saturated rings. The van der Waals surface area contributed by atoms with Crippen LogP contribution in [0.1, 0.15) is 60.3 Å². The Morgan fingerprint density at radius 1 is 1.20 bits per heavy atom. The highest BCUT2D eigenvalue weighted by Gasteiger charge is 2.36. The number of likely N-dealkylation sites (tertiary alicyclic amines) is 2. The largest absolute Gasteiger partial charge is 0.395 e. The summed E-state index contributed by atoms with van der Waals surface area (Å²) >= 11 is 0. The molecular formula is C20H39N3O2. The molecule has 1 N–H and O–H groups in total. The number of nitrogens with zero attached hydrogens (tertiary/aromatic N) is 3. The van der Waals surface area contributed by atoms with Crippen LogP contribution in [0, 0.1) is 5.41 Å². The van der Waals surface area contributed by atoms with Crippen molar-refractivity contribution < 1.29 is 9.90 Å². The van der Waals surface area contributed by atoms with Gasteiger partial charge in [0.15, 0.2) is 0 Å². The van der Waals surface area contributed by atoms with Crippen LogP contribution in [0.2, 0.25) is 0 Å². The van der Waals surface area contributed by atoms with E-state index in [2.05, 4.69) is 49.4 Å². The molecule has 0 aromatic rings. The van der Waals surface area contributed by atoms with Gasteiger partial charge in [-0.25, -0.2) is 0 Å². The zero-order chi connectivity index (χ0) is 18.8. The van der Waals surface area contributed by atoms with E-state index in [4.69, 9.17) is 0 Å². The van der Waals surface area contributed by atoms with Crippen molar-refractivity contribution in [3.05, 3.63) is 0 Å². The van der Waals surface area contributed by atoms with Crippen LogP contribution < -0.4 is 0 Å². The average molecular weight is 354 g/mol. The van der Waals surface area contributed by atoms with E-state index in [-0.39, 0.29) is 24.0 Å². The molecule has 146 valence electrons. The number of hydrogen-bond donors (Lipinski definition) is 1. The van der Waals surface area contributed by atoms with Gasteiger partial charge in [0, 0.05) is 50.7 Å². The number of rotatable bonds is 4. The first kappa shape index (κ1) is 20.7. The second-order valence-corrected chi connectivity index (χ2v) is 9.45. The molecule has 5 heteroatoms. The highest BCUT2D eigenvalue weighted by Crippen LogP contribution is 2.29. The molecule has 1 amide bonds. The minimum absolute atomic E-state index is 0.139. The lowest BCUT2D eigenvalue weighted by molar-refractivity contribution is -0.134. The summed E-state index contributed by atoms with van der Waals surface area (Å²) in [5.41, 5.74) is 0.139. The Hall–Kier alpha value is -0.650. The lowest BCUT2D eigenvalue weighted by Crippen LogP contribution is -2.56. The molecule has 25 heavy (non-hydrogen) atoms. The fraction of sp³-hybridized carbons (Fsp3) is 0.950. The van der Waals surface area contributed by atoms with E-state index in [0.717, 1.165) is 38.9 Å². The van der Waals surface area contributed by atoms with Crippen molar-refractivity contribution in [2.24, 2.45) is 5.41 Å². The first-order chi connectivity index (χ1) is 11.6. The quantitative estimate of drug-likeness (QED) is 0.842. The van der Waals surface area contributed by atoms with E-state index in [1.165, 1.54) is 6.42 Å². The second kappa shape index (κ2) is 8.36. The van der Waals surface area contributed by atoms with Crippen LogP contribution in [0.15, 0.2) is 0 Å². The number of aliphatic hydroxyl groups is 1. The van der Waals surface area contributed by atoms with Gasteiger partial charge in [-0.05, 0) is 45.1 Å². The minimum Gasteiger partial charge on any atom is -0.395 e. The highest BCUT2D eigenvalue weighted by atomic mass is 16.3. The summed E-state index contributed by atoms with van der Waals surface area (Å²) in [5.74, 6) is 0.210. The smallest absolute Gasteiger partial charge is 0.219 e. The van der Waals surface area contributed by atoms with Crippen LogP contribution in [-0.4, -0.2) is 83.2 Å². The molecular weight excluding hydrogens is 314 g/mol. The molecule has 0 spiro atoms. The molecule has 2 aliphatic heterocycles. The molecule has 0 aromatic heterocycles. The van der Waals surface area contributed by atoms with Crippen LogP contribution in [0.5, 0.6) is 0 Å². The third kappa shape index (κ3) is 5.41. The van der Waals surface area contributed by atoms with E-state index in [9.17, 15) is 9.90 Å². The number of carbonyl (C=O) groups is 1. The van der Waals surface area contributed by atoms with E-state index in [0.29, 0.717) is 18.1 Å². The van der Waals surface area contributed by atoms with Gasteiger partial charge in [-0.15, -0.1) is 0 Å². The molecule has 5 nitrogen and oxygen atoms in total. The second-order valence-electron chi connectivity index (χ2n) is 9.45. The number of amides is 1. The molecule has 0 saturated carbocycles. The predicted molar refractivity (Wildman–Crippen MR) is 103 cm³/mol. The Morgan fingerprint density at radius 3 is 2.28 bits per heavy atom. The van der Waals surface area contributed by atoms with Gasteiger partial charge >= 0.3 is 0 Å². The van der Waals surface area contributed by atoms with E-state index < -0.39 is 0 Å². The van der Waals surface area contributed by atoms with Crippen molar-refractivity contribution in [3.63, 3.8) is 0 Å². The first-order valence-electron chi connectivity index (χ1n) is 9.96. The molecule has 0 bridgehead atoms. The summed E-state index contributed by atoms with van der Waals surface area (Å²) in [6, 6.07) is 1.74. The maximum absolute atomic E-state index is 12.1. The fourth-order valence-corrected chi connectivity index (χ4v) is 4.57. The number of likely N-dealkylation sites (N-methyl/N-ethyl adjacent to an activating group) is 1. The summed E-state index contributed by atoms with van der Waals surface area (Å²) in [6.07, 6.45) is 4.37. The Kier molecular flexibility index (Phi) is 6.91. The molecule has 2 aliphatic rings. The predicted octanol–water partition coefficient (Wildman–Crippen LogP) is 2.19. The van der Waals surface area contributed by atoms with Gasteiger partial charge in [-0.1, -0.05) is 20.8 Å². The van der Waals surface area contributed by atoms with Gasteiger partial charge < -0.3 is 14.9 Å². The van der Waals surface area contributed by atoms with Gasteiger partial charge in [0.2, 0.25) is 5.91 Å². The standard InChI is InChI=1S/C20H39N3O2/c1-15-11-18(12-19(13-24)21(15)6)22-9-7-17(8-10-22)23(16(2)25)14-20(3,4)5/h15,17-19,24H,7-14H2,1-6H3. The maximum Gasteiger partial charge on any atom is 0.219 e. The van der Waals surface area contributed by atoms with Crippen molar-refractivity contribution in [2.75, 3.05) is 33.3 Å². The zero-order valence-corrected chi connectivity index (χ0v) is 17.2. The zero-order valence-electron chi connectivity index (χ0n) is 17.2. The van der Waals surface area contributed by atoms with Crippen molar-refractivity contribution in [2.45, 2.75) is 84.5 Å². The minimum atomic E-state index is 0.139. The number of carbonyl (C=O) groups excluding carboxylic acids is 1. The molecule has 3 atom stereocenters. The number of piperidine rings is 2. The molecule has 2 heterocycles. The molecule has 2 rings (SSSR count). The van der Waals surface area contributed by atoms with Gasteiger partial charge in [0.25, 0.3) is 0 Å². The highest BCUT2D eigenvalue weighted by molar-refractivity contribution is 5.73. The lowest BCUT2D eigenvalue weighted by atomic mass is 9.89. The van der Waals surface area contributed by atoms with Crippen molar-refractivity contribution >= 4 is 5.91 Å². The number of aliphatic hydroxyl groups excluding tert-OH is 1. The molecule has 3 unspecified atom stereocenters. The first-order valence-corrected chi connectivity index (χ1v) is 9.96. The van der Waals surface area contributed by atoms with Crippen LogP contribution in [-0.2, 0) is 4.79 Å². The molecule has 0 aromatic carbocycles. The van der Waals surface area contributed by atoms with Crippen LogP contribution in [0.4, 0.5) is 0 Å². The lowest BCUT2D eigenvalue weighted by Gasteiger charge is -2.48. The summed E-state index contributed by atoms with van der Waals surface area (Å²) in [7, 11) is 2.13. The summed E-state index contributed by atoms with van der Waals surface area (Å²) in [5, 5.41) is 9.68. The van der Waals surface area contributed by atoms with Crippen LogP contribution >= 0.6 is 0 Å². The molecule has 2 saturated heterocycles. The van der Waals surface area contributed by atoms with Crippen molar-refractivity contribution in [1.29, 1.82) is 0 Å². The Bertz CT molecular complexity index is 441. The van der Waals surface area contributed by atoms with E-state index >= 15 is 0 Å². The summed E-state index contributed by atoms with van der Waals surface area (Å²) in [6.45, 7) is 13.8. The van der Waals surface area contributed by atoms with Gasteiger partial charge in [-0.2, -0.15) is 0 Å². The molecule has 0 radical (unpaired) electrons. The molecule has 0 aliphatic carbocycles. The Labute approximate surface area is 154 Å². The Balaban J connectivity index is 1.93. The van der Waals surface area contributed by atoms with Gasteiger partial charge in [0.05, 0.1) is 6.61 Å².